The zero-order valence-corrected chi connectivity index (χ0v) is 24.4. The molecule has 1 spiro atoms. The van der Waals surface area contributed by atoms with E-state index in [0.717, 1.165) is 59.5 Å². The second-order valence-corrected chi connectivity index (χ2v) is 12.2. The molecule has 1 aromatic heterocycles. The summed E-state index contributed by atoms with van der Waals surface area (Å²) in [5.41, 5.74) is 6.63. The number of fused-ring (bicyclic) bond motifs is 4. The van der Waals surface area contributed by atoms with Gasteiger partial charge in [0.15, 0.2) is 0 Å². The molecule has 6 rings (SSSR count). The van der Waals surface area contributed by atoms with Gasteiger partial charge in [0.2, 0.25) is 0 Å². The average molecular weight is 609 g/mol. The first-order valence-corrected chi connectivity index (χ1v) is 15.0. The topological polar surface area (TPSA) is 91.6 Å². The minimum absolute atomic E-state index is 0.0268. The second kappa shape index (κ2) is 11.4. The summed E-state index contributed by atoms with van der Waals surface area (Å²) in [5, 5.41) is 15.1. The molecule has 0 aliphatic carbocycles. The molecule has 41 heavy (non-hydrogen) atoms. The van der Waals surface area contributed by atoms with Gasteiger partial charge < -0.3 is 5.32 Å². The van der Waals surface area contributed by atoms with Crippen molar-refractivity contribution >= 4 is 68.2 Å². The molecule has 2 amide bonds. The fraction of sp³-hybridized carbons (Fsp3) is 0.267. The van der Waals surface area contributed by atoms with Crippen molar-refractivity contribution in [3.05, 3.63) is 103 Å². The molecule has 3 heterocycles. The molecular formula is C30H27Cl2N5O3S. The third kappa shape index (κ3) is 5.55. The van der Waals surface area contributed by atoms with Crippen molar-refractivity contribution in [2.75, 3.05) is 31.1 Å². The number of carbonyl (C=O) groups excluding carboxylic acids is 1. The first-order chi connectivity index (χ1) is 19.8. The van der Waals surface area contributed by atoms with E-state index in [0.29, 0.717) is 16.6 Å². The summed E-state index contributed by atoms with van der Waals surface area (Å²) < 4.78 is 1.13. The Hall–Kier alpha value is -3.50. The second-order valence-electron chi connectivity index (χ2n) is 10.5. The third-order valence-electron chi connectivity index (χ3n) is 8.03. The normalized spacial score (nSPS) is 16.5. The number of urea groups is 1. The van der Waals surface area contributed by atoms with Crippen molar-refractivity contribution in [3.63, 3.8) is 0 Å². The molecule has 1 fully saturated rings. The van der Waals surface area contributed by atoms with Crippen LogP contribution in [0.4, 0.5) is 16.2 Å². The highest BCUT2D eigenvalue weighted by atomic mass is 35.5. The minimum Gasteiger partial charge on any atom is -0.334 e. The molecular weight excluding hydrogens is 581 g/mol. The average Bonchev–Trinajstić information content (AvgIpc) is 3.58. The lowest BCUT2D eigenvalue weighted by Gasteiger charge is -2.39. The van der Waals surface area contributed by atoms with Crippen molar-refractivity contribution in [3.8, 4) is 0 Å². The molecule has 1 N–H and O–H groups in total. The molecule has 2 aliphatic rings. The molecule has 4 aromatic rings. The number of hydrogen-bond acceptors (Lipinski definition) is 6. The highest BCUT2D eigenvalue weighted by Crippen LogP contribution is 2.50. The van der Waals surface area contributed by atoms with Crippen LogP contribution in [0.5, 0.6) is 0 Å². The number of hydrogen-bond donors (Lipinski definition) is 1. The predicted molar refractivity (Wildman–Crippen MR) is 165 cm³/mol. The number of benzene rings is 3. The summed E-state index contributed by atoms with van der Waals surface area (Å²) >= 11 is 13.8. The van der Waals surface area contributed by atoms with Gasteiger partial charge in [-0.3, -0.25) is 19.9 Å². The molecule has 0 atom stereocenters. The number of carbonyl (C=O) groups is 1. The molecule has 210 valence electrons. The van der Waals surface area contributed by atoms with Crippen molar-refractivity contribution in [1.82, 2.24) is 15.2 Å². The van der Waals surface area contributed by atoms with Crippen molar-refractivity contribution in [1.29, 1.82) is 0 Å². The highest BCUT2D eigenvalue weighted by molar-refractivity contribution is 7.16. The molecule has 2 aliphatic heterocycles. The Morgan fingerprint density at radius 2 is 1.88 bits per heavy atom. The maximum absolute atomic E-state index is 13.5. The number of anilines is 1. The van der Waals surface area contributed by atoms with Crippen LogP contribution in [0.15, 0.2) is 66.2 Å². The number of likely N-dealkylation sites (tertiary alicyclic amines) is 1. The van der Waals surface area contributed by atoms with E-state index >= 15 is 0 Å². The Balaban J connectivity index is 1.16. The Bertz CT molecular complexity index is 1650. The lowest BCUT2D eigenvalue weighted by molar-refractivity contribution is -0.384. The Morgan fingerprint density at radius 1 is 1.10 bits per heavy atom. The molecule has 0 bridgehead atoms. The van der Waals surface area contributed by atoms with Gasteiger partial charge in [0.25, 0.3) is 5.69 Å². The zero-order chi connectivity index (χ0) is 28.6. The summed E-state index contributed by atoms with van der Waals surface area (Å²) in [6.07, 6.45) is 6.05. The van der Waals surface area contributed by atoms with Crippen molar-refractivity contribution in [2.45, 2.75) is 24.8 Å². The van der Waals surface area contributed by atoms with Crippen molar-refractivity contribution < 1.29 is 9.72 Å². The van der Waals surface area contributed by atoms with Crippen LogP contribution in [0, 0.1) is 10.1 Å². The highest BCUT2D eigenvalue weighted by Gasteiger charge is 2.47. The summed E-state index contributed by atoms with van der Waals surface area (Å²) in [6.45, 7) is 3.52. The smallest absolute Gasteiger partial charge is 0.322 e. The summed E-state index contributed by atoms with van der Waals surface area (Å²) in [4.78, 5) is 33.0. The van der Waals surface area contributed by atoms with E-state index in [2.05, 4.69) is 22.4 Å². The lowest BCUT2D eigenvalue weighted by atomic mass is 9.74. The van der Waals surface area contributed by atoms with Crippen LogP contribution in [0.1, 0.15) is 29.5 Å². The number of nitrogens with zero attached hydrogens (tertiary/aromatic N) is 4. The van der Waals surface area contributed by atoms with Crippen LogP contribution in [0.2, 0.25) is 10.0 Å². The van der Waals surface area contributed by atoms with E-state index in [1.54, 1.807) is 29.5 Å². The van der Waals surface area contributed by atoms with Gasteiger partial charge in [0.05, 0.1) is 36.4 Å². The predicted octanol–water partition coefficient (Wildman–Crippen LogP) is 7.29. The van der Waals surface area contributed by atoms with Crippen LogP contribution < -0.4 is 10.2 Å². The Kier molecular flexibility index (Phi) is 7.70. The molecule has 0 unspecified atom stereocenters. The Labute approximate surface area is 251 Å². The summed E-state index contributed by atoms with van der Waals surface area (Å²) in [7, 11) is 0. The maximum atomic E-state index is 13.5. The molecule has 11 heteroatoms. The molecule has 0 radical (unpaired) electrons. The van der Waals surface area contributed by atoms with Gasteiger partial charge in [-0.25, -0.2) is 9.78 Å². The fourth-order valence-corrected chi connectivity index (χ4v) is 6.84. The van der Waals surface area contributed by atoms with E-state index in [4.69, 9.17) is 28.2 Å². The van der Waals surface area contributed by atoms with Crippen LogP contribution in [0.3, 0.4) is 0 Å². The standard InChI is InChI=1S/C30H27Cl2N5O3S/c31-23-8-5-20(16-24(23)32)2-1-13-35-14-11-30(12-15-35)18-36(25-9-10-26-28(27(25)30)34-19-41-26)29(38)33-17-21-3-6-22(7-4-21)37(39)40/h1-10,16,19H,11-15,17-18H2,(H,33,38). The number of rotatable bonds is 6. The number of non-ortho nitro benzene ring substituents is 1. The molecule has 3 aromatic carbocycles. The van der Waals surface area contributed by atoms with Gasteiger partial charge >= 0.3 is 6.03 Å². The van der Waals surface area contributed by atoms with E-state index < -0.39 is 4.92 Å². The van der Waals surface area contributed by atoms with Gasteiger partial charge in [-0.2, -0.15) is 0 Å². The number of halogens is 2. The van der Waals surface area contributed by atoms with Gasteiger partial charge in [-0.1, -0.05) is 53.6 Å². The van der Waals surface area contributed by atoms with Gasteiger partial charge in [-0.05, 0) is 61.3 Å². The molecule has 1 saturated heterocycles. The molecule has 0 saturated carbocycles. The number of nitrogens with one attached hydrogen (secondary N) is 1. The monoisotopic (exact) mass is 607 g/mol. The van der Waals surface area contributed by atoms with E-state index in [9.17, 15) is 14.9 Å². The number of nitro benzene ring substituents is 1. The first kappa shape index (κ1) is 27.7. The van der Waals surface area contributed by atoms with E-state index in [-0.39, 0.29) is 23.7 Å². The fourth-order valence-electron chi connectivity index (χ4n) is 5.85. The van der Waals surface area contributed by atoms with Gasteiger partial charge in [0, 0.05) is 42.7 Å². The lowest BCUT2D eigenvalue weighted by Crippen LogP contribution is -2.47. The SMILES string of the molecule is O=C(NCc1ccc([N+](=O)[O-])cc1)N1CC2(CCN(CC=Cc3ccc(Cl)c(Cl)c3)CC2)c2c1ccc1scnc21. The van der Waals surface area contributed by atoms with Crippen molar-refractivity contribution in [2.24, 2.45) is 0 Å². The summed E-state index contributed by atoms with van der Waals surface area (Å²) in [5.74, 6) is 0. The van der Waals surface area contributed by atoms with E-state index in [1.807, 2.05) is 34.7 Å². The summed E-state index contributed by atoms with van der Waals surface area (Å²) in [6, 6.07) is 15.8. The first-order valence-electron chi connectivity index (χ1n) is 13.3. The number of thiazole rings is 1. The quantitative estimate of drug-likeness (QED) is 0.183. The zero-order valence-electron chi connectivity index (χ0n) is 22.1. The maximum Gasteiger partial charge on any atom is 0.322 e. The number of aromatic nitrogens is 1. The third-order valence-corrected chi connectivity index (χ3v) is 9.56. The minimum atomic E-state index is -0.431. The van der Waals surface area contributed by atoms with Crippen LogP contribution in [0.25, 0.3) is 16.3 Å². The van der Waals surface area contributed by atoms with Gasteiger partial charge in [-0.15, -0.1) is 11.3 Å². The van der Waals surface area contributed by atoms with E-state index in [1.165, 1.54) is 17.7 Å². The van der Waals surface area contributed by atoms with Gasteiger partial charge in [0.1, 0.15) is 0 Å². The number of piperidine rings is 1. The number of nitro groups is 1. The molecule has 8 nitrogen and oxygen atoms in total. The largest absolute Gasteiger partial charge is 0.334 e. The van der Waals surface area contributed by atoms with Crippen LogP contribution >= 0.6 is 34.5 Å². The Morgan fingerprint density at radius 3 is 2.61 bits per heavy atom. The number of amides is 2. The van der Waals surface area contributed by atoms with Crippen LogP contribution in [-0.4, -0.2) is 47.0 Å². The van der Waals surface area contributed by atoms with Crippen LogP contribution in [-0.2, 0) is 12.0 Å².